The van der Waals surface area contributed by atoms with Gasteiger partial charge in [0, 0.05) is 31.3 Å². The predicted octanol–water partition coefficient (Wildman–Crippen LogP) is 1.90. The van der Waals surface area contributed by atoms with Crippen LogP contribution in [0.4, 0.5) is 0 Å². The van der Waals surface area contributed by atoms with Gasteiger partial charge in [0.2, 0.25) is 6.29 Å². The van der Waals surface area contributed by atoms with Crippen LogP contribution in [0.15, 0.2) is 41.1 Å². The molecule has 0 spiro atoms. The van der Waals surface area contributed by atoms with Gasteiger partial charge in [-0.1, -0.05) is 0 Å². The minimum atomic E-state index is -0.509. The van der Waals surface area contributed by atoms with Gasteiger partial charge in [0.15, 0.2) is 5.76 Å². The minimum Gasteiger partial charge on any atom is -0.459 e. The molecule has 3 N–H and O–H groups in total. The van der Waals surface area contributed by atoms with Crippen LogP contribution in [0.2, 0.25) is 0 Å². The first-order valence-electron chi connectivity index (χ1n) is 8.15. The van der Waals surface area contributed by atoms with Crippen molar-refractivity contribution in [3.8, 4) is 0 Å². The molecule has 0 radical (unpaired) electrons. The summed E-state index contributed by atoms with van der Waals surface area (Å²) in [6, 6.07) is 2.04. The molecule has 0 aromatic carbocycles. The molecule has 8 heteroatoms. The number of rotatable bonds is 8. The zero-order valence-electron chi connectivity index (χ0n) is 13.7. The van der Waals surface area contributed by atoms with Crippen molar-refractivity contribution in [3.63, 3.8) is 0 Å². The van der Waals surface area contributed by atoms with Gasteiger partial charge in [-0.2, -0.15) is 11.3 Å². The molecule has 1 aliphatic rings. The van der Waals surface area contributed by atoms with Crippen molar-refractivity contribution in [2.45, 2.75) is 31.6 Å². The number of imidazole rings is 1. The molecule has 0 saturated carbocycles. The first kappa shape index (κ1) is 17.7. The summed E-state index contributed by atoms with van der Waals surface area (Å²) in [7, 11) is 0. The van der Waals surface area contributed by atoms with Crippen LogP contribution >= 0.6 is 11.3 Å². The maximum absolute atomic E-state index is 12.4. The molecule has 0 fully saturated rings. The summed E-state index contributed by atoms with van der Waals surface area (Å²) in [6.45, 7) is 0.748. The molecule has 3 rings (SSSR count). The number of carbonyl (C=O) groups excluding carboxylic acids is 1. The van der Waals surface area contributed by atoms with Gasteiger partial charge in [0.1, 0.15) is 5.82 Å². The smallest absolute Gasteiger partial charge is 0.286 e. The monoisotopic (exact) mass is 363 g/mol. The second-order valence-corrected chi connectivity index (χ2v) is 6.42. The van der Waals surface area contributed by atoms with E-state index in [9.17, 15) is 4.79 Å². The Hall–Kier alpha value is -2.16. The van der Waals surface area contributed by atoms with Crippen LogP contribution in [0.3, 0.4) is 0 Å². The molecule has 0 bridgehead atoms. The lowest BCUT2D eigenvalue weighted by molar-refractivity contribution is -0.147. The fourth-order valence-electron chi connectivity index (χ4n) is 2.56. The van der Waals surface area contributed by atoms with E-state index < -0.39 is 6.29 Å². The third-order valence-electron chi connectivity index (χ3n) is 3.83. The van der Waals surface area contributed by atoms with Crippen LogP contribution in [0, 0.1) is 0 Å². The Kier molecular flexibility index (Phi) is 6.21. The lowest BCUT2D eigenvalue weighted by atomic mass is 9.95. The highest BCUT2D eigenvalue weighted by molar-refractivity contribution is 7.08. The summed E-state index contributed by atoms with van der Waals surface area (Å²) >= 11 is 1.62. The number of H-pyrrole nitrogens is 1. The van der Waals surface area contributed by atoms with Gasteiger partial charge in [-0.15, -0.1) is 0 Å². The SMILES string of the molecule is O=C(NCc1ncc[nH]1)C1=C[C@H](c2ccsc2)C[C@H](OCCCO)O1. The predicted molar refractivity (Wildman–Crippen MR) is 92.7 cm³/mol. The van der Waals surface area contributed by atoms with Crippen molar-refractivity contribution in [2.75, 3.05) is 13.2 Å². The number of aliphatic hydroxyl groups is 1. The Balaban J connectivity index is 1.66. The first-order chi connectivity index (χ1) is 12.3. The molecule has 134 valence electrons. The van der Waals surface area contributed by atoms with Gasteiger partial charge < -0.3 is 24.9 Å². The molecule has 1 amide bonds. The molecule has 2 aromatic heterocycles. The Labute approximate surface area is 149 Å². The Morgan fingerprint density at radius 2 is 2.48 bits per heavy atom. The quantitative estimate of drug-likeness (QED) is 0.623. The molecule has 1 aliphatic heterocycles. The normalized spacial score (nSPS) is 20.0. The number of aromatic nitrogens is 2. The van der Waals surface area contributed by atoms with Crippen LogP contribution < -0.4 is 5.32 Å². The highest BCUT2D eigenvalue weighted by atomic mass is 32.1. The van der Waals surface area contributed by atoms with Crippen LogP contribution in [0.1, 0.15) is 30.1 Å². The van der Waals surface area contributed by atoms with E-state index in [0.29, 0.717) is 31.8 Å². The summed E-state index contributed by atoms with van der Waals surface area (Å²) < 4.78 is 11.4. The number of aromatic amines is 1. The summed E-state index contributed by atoms with van der Waals surface area (Å²) in [5, 5.41) is 15.8. The third-order valence-corrected chi connectivity index (χ3v) is 4.53. The molecule has 0 unspecified atom stereocenters. The summed E-state index contributed by atoms with van der Waals surface area (Å²) in [4.78, 5) is 19.5. The van der Waals surface area contributed by atoms with E-state index in [1.165, 1.54) is 0 Å². The van der Waals surface area contributed by atoms with Crippen molar-refractivity contribution >= 4 is 17.2 Å². The number of nitrogens with one attached hydrogen (secondary N) is 2. The first-order valence-corrected chi connectivity index (χ1v) is 9.10. The van der Waals surface area contributed by atoms with Crippen LogP contribution in [-0.2, 0) is 20.8 Å². The Morgan fingerprint density at radius 3 is 3.20 bits per heavy atom. The fourth-order valence-corrected chi connectivity index (χ4v) is 3.29. The molecule has 3 heterocycles. The highest BCUT2D eigenvalue weighted by Gasteiger charge is 2.28. The zero-order valence-corrected chi connectivity index (χ0v) is 14.5. The highest BCUT2D eigenvalue weighted by Crippen LogP contribution is 2.32. The van der Waals surface area contributed by atoms with E-state index in [-0.39, 0.29) is 24.2 Å². The van der Waals surface area contributed by atoms with E-state index in [4.69, 9.17) is 14.6 Å². The number of amides is 1. The summed E-state index contributed by atoms with van der Waals surface area (Å²) in [6.07, 6.45) is 5.84. The average Bonchev–Trinajstić information content (AvgIpc) is 3.33. The molecule has 0 aliphatic carbocycles. The molecular formula is C17H21N3O4S. The maximum atomic E-state index is 12.4. The molecule has 2 aromatic rings. The Morgan fingerprint density at radius 1 is 1.56 bits per heavy atom. The van der Waals surface area contributed by atoms with Gasteiger partial charge in [-0.05, 0) is 34.9 Å². The summed E-state index contributed by atoms with van der Waals surface area (Å²) in [5.41, 5.74) is 1.14. The minimum absolute atomic E-state index is 0.0588. The van der Waals surface area contributed by atoms with Crippen molar-refractivity contribution in [1.82, 2.24) is 15.3 Å². The number of aliphatic hydroxyl groups excluding tert-OH is 1. The number of ether oxygens (including phenoxy) is 2. The number of nitrogens with zero attached hydrogens (tertiary/aromatic N) is 1. The number of hydrogen-bond donors (Lipinski definition) is 3. The number of allylic oxidation sites excluding steroid dienone is 1. The van der Waals surface area contributed by atoms with E-state index >= 15 is 0 Å². The Bertz CT molecular complexity index is 685. The van der Waals surface area contributed by atoms with Gasteiger partial charge in [0.05, 0.1) is 13.2 Å². The maximum Gasteiger partial charge on any atom is 0.286 e. The van der Waals surface area contributed by atoms with Crippen molar-refractivity contribution in [3.05, 3.63) is 52.4 Å². The van der Waals surface area contributed by atoms with Gasteiger partial charge in [0.25, 0.3) is 5.91 Å². The van der Waals surface area contributed by atoms with Gasteiger partial charge in [-0.25, -0.2) is 4.98 Å². The number of carbonyl (C=O) groups is 1. The number of hydrogen-bond acceptors (Lipinski definition) is 6. The largest absolute Gasteiger partial charge is 0.459 e. The molecule has 0 saturated heterocycles. The van der Waals surface area contributed by atoms with E-state index in [0.717, 1.165) is 5.56 Å². The van der Waals surface area contributed by atoms with Crippen LogP contribution in [0.25, 0.3) is 0 Å². The topological polar surface area (TPSA) is 96.5 Å². The van der Waals surface area contributed by atoms with Gasteiger partial charge in [-0.3, -0.25) is 4.79 Å². The van der Waals surface area contributed by atoms with E-state index in [1.807, 2.05) is 17.5 Å². The average molecular weight is 363 g/mol. The lowest BCUT2D eigenvalue weighted by Gasteiger charge is -2.28. The second kappa shape index (κ2) is 8.80. The standard InChI is InChI=1S/C17H21N3O4S/c21-5-1-6-23-16-9-13(12-2-7-25-11-12)8-14(24-16)17(22)20-10-15-18-3-4-19-15/h2-4,7-8,11,13,16,21H,1,5-6,9-10H2,(H,18,19)(H,20,22)/t13-,16+/m0/s1. The third kappa shape index (κ3) is 4.91. The van der Waals surface area contributed by atoms with Crippen molar-refractivity contribution < 1.29 is 19.4 Å². The van der Waals surface area contributed by atoms with Crippen molar-refractivity contribution in [2.24, 2.45) is 0 Å². The lowest BCUT2D eigenvalue weighted by Crippen LogP contribution is -2.33. The molecule has 25 heavy (non-hydrogen) atoms. The number of thiophene rings is 1. The second-order valence-electron chi connectivity index (χ2n) is 5.64. The molecular weight excluding hydrogens is 342 g/mol. The molecule has 2 atom stereocenters. The molecule has 7 nitrogen and oxygen atoms in total. The summed E-state index contributed by atoms with van der Waals surface area (Å²) in [5.74, 6) is 0.688. The van der Waals surface area contributed by atoms with Gasteiger partial charge >= 0.3 is 0 Å². The van der Waals surface area contributed by atoms with Crippen LogP contribution in [-0.4, -0.2) is 40.5 Å². The van der Waals surface area contributed by atoms with Crippen LogP contribution in [0.5, 0.6) is 0 Å². The van der Waals surface area contributed by atoms with E-state index in [2.05, 4.69) is 20.7 Å². The zero-order chi connectivity index (χ0) is 17.5. The van der Waals surface area contributed by atoms with Crippen molar-refractivity contribution in [1.29, 1.82) is 0 Å². The van der Waals surface area contributed by atoms with E-state index in [1.54, 1.807) is 23.7 Å². The fraction of sp³-hybridized carbons (Fsp3) is 0.412.